The Balaban J connectivity index is 1.57. The molecule has 1 aliphatic carbocycles. The van der Waals surface area contributed by atoms with Crippen LogP contribution in [0.25, 0.3) is 0 Å². The fourth-order valence-corrected chi connectivity index (χ4v) is 4.13. The third kappa shape index (κ3) is 4.49. The Morgan fingerprint density at radius 3 is 2.69 bits per heavy atom. The maximum absolute atomic E-state index is 12.3. The molecule has 1 aliphatic heterocycles. The molecule has 2 N–H and O–H groups in total. The molecule has 140 valence electrons. The average Bonchev–Trinajstić information content (AvgIpc) is 3.25. The van der Waals surface area contributed by atoms with Crippen LogP contribution in [-0.2, 0) is 9.59 Å². The number of rotatable bonds is 6. The van der Waals surface area contributed by atoms with Gasteiger partial charge in [-0.3, -0.25) is 14.6 Å². The molecule has 1 saturated heterocycles. The lowest BCUT2D eigenvalue weighted by Gasteiger charge is -2.11. The normalized spacial score (nSPS) is 21.7. The number of ether oxygens (including phenoxy) is 2. The number of benzene rings is 1. The molecule has 0 unspecified atom stereocenters. The Hall–Kier alpha value is -2.22. The van der Waals surface area contributed by atoms with Gasteiger partial charge in [0.25, 0.3) is 0 Å². The van der Waals surface area contributed by atoms with Crippen molar-refractivity contribution < 1.29 is 19.1 Å². The second-order valence-electron chi connectivity index (χ2n) is 6.29. The Morgan fingerprint density at radius 1 is 1.27 bits per heavy atom. The number of nitrogens with one attached hydrogen (secondary N) is 2. The molecule has 2 amide bonds. The van der Waals surface area contributed by atoms with E-state index in [4.69, 9.17) is 9.47 Å². The maximum Gasteiger partial charge on any atom is 0.240 e. The first-order chi connectivity index (χ1) is 12.6. The third-order valence-electron chi connectivity index (χ3n) is 4.44. The molecule has 2 aliphatic rings. The molecule has 1 aromatic carbocycles. The van der Waals surface area contributed by atoms with E-state index in [9.17, 15) is 9.59 Å². The fraction of sp³-hybridized carbons (Fsp3) is 0.500. The lowest BCUT2D eigenvalue weighted by molar-refractivity contribution is -0.122. The van der Waals surface area contributed by atoms with Gasteiger partial charge >= 0.3 is 0 Å². The molecule has 0 radical (unpaired) electrons. The van der Waals surface area contributed by atoms with Crippen LogP contribution in [-0.4, -0.2) is 42.5 Å². The minimum absolute atomic E-state index is 0.0918. The van der Waals surface area contributed by atoms with Gasteiger partial charge in [-0.15, -0.1) is 0 Å². The first kappa shape index (κ1) is 18.6. The molecule has 0 spiro atoms. The molecular formula is C18H23N3O4S. The number of nitrogens with zero attached hydrogens (tertiary/aromatic N) is 1. The molecule has 8 heteroatoms. The topological polar surface area (TPSA) is 89.0 Å². The molecule has 1 aromatic rings. The van der Waals surface area contributed by atoms with Gasteiger partial charge < -0.3 is 20.1 Å². The third-order valence-corrected chi connectivity index (χ3v) is 5.54. The van der Waals surface area contributed by atoms with Crippen molar-refractivity contribution in [2.45, 2.75) is 43.4 Å². The monoisotopic (exact) mass is 377 g/mol. The highest BCUT2D eigenvalue weighted by Crippen LogP contribution is 2.30. The van der Waals surface area contributed by atoms with Crippen molar-refractivity contribution in [3.63, 3.8) is 0 Å². The summed E-state index contributed by atoms with van der Waals surface area (Å²) in [5.74, 6) is 0.731. The molecule has 0 aromatic heterocycles. The van der Waals surface area contributed by atoms with Crippen molar-refractivity contribution in [1.29, 1.82) is 0 Å². The lowest BCUT2D eigenvalue weighted by atomic mass is 10.2. The standard InChI is InChI=1S/C18H23N3O4S/c1-24-13-8-7-12(9-14(13)25-2)19-16(22)10-15-17(23)21-18(26-15)20-11-5-3-4-6-11/h7-9,11,15H,3-6,10H2,1-2H3,(H,19,22)(H,20,21,23)/t15-/m0/s1. The molecule has 7 nitrogen and oxygen atoms in total. The second kappa shape index (κ2) is 8.44. The van der Waals surface area contributed by atoms with Gasteiger partial charge in [0.15, 0.2) is 16.7 Å². The summed E-state index contributed by atoms with van der Waals surface area (Å²) in [5, 5.41) is 5.78. The molecule has 1 atom stereocenters. The van der Waals surface area contributed by atoms with Crippen molar-refractivity contribution in [2.24, 2.45) is 4.99 Å². The van der Waals surface area contributed by atoms with Crippen molar-refractivity contribution in [3.05, 3.63) is 18.2 Å². The smallest absolute Gasteiger partial charge is 0.240 e. The van der Waals surface area contributed by atoms with Gasteiger partial charge in [-0.25, -0.2) is 0 Å². The van der Waals surface area contributed by atoms with Gasteiger partial charge in [0, 0.05) is 18.2 Å². The van der Waals surface area contributed by atoms with Gasteiger partial charge in [0.2, 0.25) is 11.8 Å². The number of carbonyl (C=O) groups is 2. The molecule has 0 bridgehead atoms. The Morgan fingerprint density at radius 2 is 2.00 bits per heavy atom. The zero-order valence-electron chi connectivity index (χ0n) is 14.9. The van der Waals surface area contributed by atoms with Crippen LogP contribution in [0.4, 0.5) is 5.69 Å². The molecule has 1 saturated carbocycles. The van der Waals surface area contributed by atoms with E-state index in [1.807, 2.05) is 0 Å². The number of amidine groups is 1. The van der Waals surface area contributed by atoms with Gasteiger partial charge in [-0.05, 0) is 25.0 Å². The number of methoxy groups -OCH3 is 2. The Labute approximate surface area is 156 Å². The van der Waals surface area contributed by atoms with Gasteiger partial charge in [-0.1, -0.05) is 24.6 Å². The van der Waals surface area contributed by atoms with Crippen LogP contribution in [0, 0.1) is 0 Å². The summed E-state index contributed by atoms with van der Waals surface area (Å²) in [6, 6.07) is 5.44. The maximum atomic E-state index is 12.3. The summed E-state index contributed by atoms with van der Waals surface area (Å²) < 4.78 is 10.4. The van der Waals surface area contributed by atoms with Crippen LogP contribution in [0.5, 0.6) is 11.5 Å². The summed E-state index contributed by atoms with van der Waals surface area (Å²) in [6.07, 6.45) is 4.62. The largest absolute Gasteiger partial charge is 0.493 e. The number of hydrogen-bond acceptors (Lipinski definition) is 6. The highest BCUT2D eigenvalue weighted by Gasteiger charge is 2.32. The first-order valence-electron chi connectivity index (χ1n) is 8.66. The fourth-order valence-electron chi connectivity index (χ4n) is 3.09. The first-order valence-corrected chi connectivity index (χ1v) is 9.54. The van der Waals surface area contributed by atoms with Crippen molar-refractivity contribution in [1.82, 2.24) is 5.32 Å². The van der Waals surface area contributed by atoms with Crippen LogP contribution in [0.2, 0.25) is 0 Å². The van der Waals surface area contributed by atoms with E-state index in [0.717, 1.165) is 12.8 Å². The summed E-state index contributed by atoms with van der Waals surface area (Å²) >= 11 is 1.34. The van der Waals surface area contributed by atoms with E-state index in [1.54, 1.807) is 25.3 Å². The predicted molar refractivity (Wildman–Crippen MR) is 102 cm³/mol. The molecule has 2 fully saturated rings. The molecule has 1 heterocycles. The van der Waals surface area contributed by atoms with E-state index in [2.05, 4.69) is 15.6 Å². The molecule has 3 rings (SSSR count). The van der Waals surface area contributed by atoms with Crippen molar-refractivity contribution in [3.8, 4) is 11.5 Å². The number of amides is 2. The highest BCUT2D eigenvalue weighted by atomic mass is 32.2. The molecular weight excluding hydrogens is 354 g/mol. The highest BCUT2D eigenvalue weighted by molar-refractivity contribution is 8.15. The van der Waals surface area contributed by atoms with Gasteiger partial charge in [0.1, 0.15) is 5.25 Å². The minimum atomic E-state index is -0.449. The number of aliphatic imine (C=N–C) groups is 1. The Bertz CT molecular complexity index is 716. The van der Waals surface area contributed by atoms with E-state index >= 15 is 0 Å². The predicted octanol–water partition coefficient (Wildman–Crippen LogP) is 2.56. The summed E-state index contributed by atoms with van der Waals surface area (Å²) in [5.41, 5.74) is 0.593. The van der Waals surface area contributed by atoms with E-state index in [0.29, 0.717) is 28.4 Å². The van der Waals surface area contributed by atoms with Crippen LogP contribution in [0.3, 0.4) is 0 Å². The van der Waals surface area contributed by atoms with E-state index in [1.165, 1.54) is 31.7 Å². The summed E-state index contributed by atoms with van der Waals surface area (Å²) in [6.45, 7) is 0. The van der Waals surface area contributed by atoms with Crippen LogP contribution >= 0.6 is 11.8 Å². The lowest BCUT2D eigenvalue weighted by Crippen LogP contribution is -2.28. The zero-order chi connectivity index (χ0) is 18.5. The number of anilines is 1. The minimum Gasteiger partial charge on any atom is -0.493 e. The average molecular weight is 377 g/mol. The number of hydrogen-bond donors (Lipinski definition) is 2. The summed E-state index contributed by atoms with van der Waals surface area (Å²) in [7, 11) is 3.09. The van der Waals surface area contributed by atoms with Crippen molar-refractivity contribution >= 4 is 34.4 Å². The number of thioether (sulfide) groups is 1. The van der Waals surface area contributed by atoms with Gasteiger partial charge in [-0.2, -0.15) is 0 Å². The quantitative estimate of drug-likeness (QED) is 0.795. The molecule has 26 heavy (non-hydrogen) atoms. The van der Waals surface area contributed by atoms with E-state index in [-0.39, 0.29) is 18.2 Å². The van der Waals surface area contributed by atoms with Gasteiger partial charge in [0.05, 0.1) is 20.3 Å². The van der Waals surface area contributed by atoms with Crippen LogP contribution in [0.1, 0.15) is 32.1 Å². The SMILES string of the molecule is COc1ccc(NC(=O)C[C@@H]2SC(=NC3CCCC3)NC2=O)cc1OC. The van der Waals surface area contributed by atoms with Crippen LogP contribution < -0.4 is 20.1 Å². The summed E-state index contributed by atoms with van der Waals surface area (Å²) in [4.78, 5) is 29.0. The Kier molecular flexibility index (Phi) is 6.03. The van der Waals surface area contributed by atoms with E-state index < -0.39 is 5.25 Å². The van der Waals surface area contributed by atoms with Crippen LogP contribution in [0.15, 0.2) is 23.2 Å². The second-order valence-corrected chi connectivity index (χ2v) is 7.48. The van der Waals surface area contributed by atoms with Crippen molar-refractivity contribution in [2.75, 3.05) is 19.5 Å². The number of carbonyl (C=O) groups excluding carboxylic acids is 2. The zero-order valence-corrected chi connectivity index (χ0v) is 15.7.